The van der Waals surface area contributed by atoms with E-state index in [-0.39, 0.29) is 104 Å². The van der Waals surface area contributed by atoms with Gasteiger partial charge in [0.25, 0.3) is 11.8 Å². The van der Waals surface area contributed by atoms with Crippen molar-refractivity contribution in [2.24, 2.45) is 11.8 Å². The van der Waals surface area contributed by atoms with Crippen LogP contribution in [0.25, 0.3) is 17.1 Å². The molecule has 1 aliphatic heterocycles. The number of Topliss-reactive ketones (excluding diaryl/α,β-unsaturated/α-hetero) is 1. The quantitative estimate of drug-likeness (QED) is 0.0242. The monoisotopic (exact) mass is 1130 g/mol. The maximum Gasteiger partial charge on any atom is 0.408 e. The molecule has 1 aromatic heterocycles. The molecule has 0 saturated carbocycles. The molecule has 440 valence electrons. The van der Waals surface area contributed by atoms with Gasteiger partial charge in [-0.25, -0.2) is 4.79 Å². The van der Waals surface area contributed by atoms with Gasteiger partial charge in [-0.15, -0.1) is 10.2 Å². The van der Waals surface area contributed by atoms with Gasteiger partial charge >= 0.3 is 6.09 Å². The zero-order valence-corrected chi connectivity index (χ0v) is 48.4. The maximum absolute atomic E-state index is 14.4. The zero-order valence-electron chi connectivity index (χ0n) is 48.4. The fourth-order valence-corrected chi connectivity index (χ4v) is 9.80. The molecule has 1 aliphatic rings. The molecule has 6 amide bonds. The summed E-state index contributed by atoms with van der Waals surface area (Å²) in [7, 11) is 0. The van der Waals surface area contributed by atoms with Crippen molar-refractivity contribution in [2.75, 3.05) is 32.8 Å². The molecule has 20 nitrogen and oxygen atoms in total. The average Bonchev–Trinajstić information content (AvgIpc) is 4.02. The van der Waals surface area contributed by atoms with Crippen LogP contribution in [0.4, 0.5) is 4.79 Å². The highest BCUT2D eigenvalue weighted by Crippen LogP contribution is 2.38. The van der Waals surface area contributed by atoms with Crippen molar-refractivity contribution in [3.63, 3.8) is 0 Å². The van der Waals surface area contributed by atoms with Crippen LogP contribution < -0.4 is 26.6 Å². The number of hydrogen-bond donors (Lipinski definition) is 7. The lowest BCUT2D eigenvalue weighted by Crippen LogP contribution is -2.58. The highest BCUT2D eigenvalue weighted by molar-refractivity contribution is 5.97. The third kappa shape index (κ3) is 17.9. The lowest BCUT2D eigenvalue weighted by atomic mass is 9.97. The van der Waals surface area contributed by atoms with Crippen LogP contribution in [-0.2, 0) is 41.5 Å². The van der Waals surface area contributed by atoms with E-state index >= 15 is 0 Å². The van der Waals surface area contributed by atoms with Gasteiger partial charge in [-0.1, -0.05) is 102 Å². The van der Waals surface area contributed by atoms with Crippen molar-refractivity contribution in [2.45, 2.75) is 143 Å². The van der Waals surface area contributed by atoms with Crippen molar-refractivity contribution < 1.29 is 53.2 Å². The first-order valence-corrected chi connectivity index (χ1v) is 28.5. The molecule has 0 spiro atoms. The summed E-state index contributed by atoms with van der Waals surface area (Å²) in [5, 5.41) is 44.1. The van der Waals surface area contributed by atoms with E-state index in [2.05, 4.69) is 36.8 Å². The van der Waals surface area contributed by atoms with E-state index < -0.39 is 60.0 Å². The largest absolute Gasteiger partial charge is 0.508 e. The molecule has 0 radical (unpaired) electrons. The number of nitrogens with zero attached hydrogens (tertiary/aromatic N) is 4. The Labute approximate surface area is 480 Å². The number of likely N-dealkylation sites (tertiary alicyclic amines) is 1. The molecule has 1 fully saturated rings. The Morgan fingerprint density at radius 2 is 1.26 bits per heavy atom. The lowest BCUT2D eigenvalue weighted by Gasteiger charge is -2.32. The van der Waals surface area contributed by atoms with Crippen LogP contribution in [0.1, 0.15) is 138 Å². The first-order valence-electron chi connectivity index (χ1n) is 28.5. The van der Waals surface area contributed by atoms with Crippen LogP contribution in [-0.4, -0.2) is 134 Å². The van der Waals surface area contributed by atoms with Crippen molar-refractivity contribution in [3.8, 4) is 28.6 Å². The SMILES string of the molecule is CCNC(=O)c1nnc(-c2cc(C(C)C)c(O)cc2O)n1-c1ccc(C(=O)N2CCC(OC(=O)NC(CCc3ccccc3)C(=O)NC(CC(C)C)C(=O)NC(Cc3ccccc3)C(=O)NC(CC(C)C)C(=O)CCOCC)CC2)cc1. The molecule has 4 unspecified atom stereocenters. The number of aryl methyl sites for hydroxylation is 1. The summed E-state index contributed by atoms with van der Waals surface area (Å²) in [6, 6.07) is 23.8. The van der Waals surface area contributed by atoms with E-state index in [4.69, 9.17) is 9.47 Å². The number of rotatable bonds is 28. The first kappa shape index (κ1) is 63.1. The molecule has 82 heavy (non-hydrogen) atoms. The summed E-state index contributed by atoms with van der Waals surface area (Å²) >= 11 is 0. The molecule has 20 heteroatoms. The van der Waals surface area contributed by atoms with Gasteiger partial charge in [-0.05, 0) is 104 Å². The van der Waals surface area contributed by atoms with Gasteiger partial charge in [0.2, 0.25) is 23.5 Å². The van der Waals surface area contributed by atoms with Gasteiger partial charge in [0.15, 0.2) is 11.6 Å². The third-order valence-corrected chi connectivity index (χ3v) is 14.1. The van der Waals surface area contributed by atoms with Crippen molar-refractivity contribution in [1.82, 2.24) is 46.2 Å². The third-order valence-electron chi connectivity index (χ3n) is 14.1. The van der Waals surface area contributed by atoms with E-state index in [0.717, 1.165) is 11.1 Å². The number of aromatic nitrogens is 3. The fraction of sp³-hybridized carbons (Fsp3) is 0.468. The smallest absolute Gasteiger partial charge is 0.408 e. The molecule has 2 heterocycles. The molecular formula is C62H81N9O11. The Balaban J connectivity index is 1.12. The zero-order chi connectivity index (χ0) is 59.5. The molecule has 6 rings (SSSR count). The summed E-state index contributed by atoms with van der Waals surface area (Å²) in [5.41, 5.74) is 3.28. The summed E-state index contributed by atoms with van der Waals surface area (Å²) < 4.78 is 12.8. The number of amides is 6. The van der Waals surface area contributed by atoms with E-state index in [1.165, 1.54) is 10.6 Å². The Morgan fingerprint density at radius 3 is 1.87 bits per heavy atom. The van der Waals surface area contributed by atoms with Gasteiger partial charge in [0, 0.05) is 69.2 Å². The second kappa shape index (κ2) is 30.6. The molecule has 4 atom stereocenters. The summed E-state index contributed by atoms with van der Waals surface area (Å²) in [6.45, 7) is 16.6. The first-order chi connectivity index (χ1) is 39.3. The second-order valence-corrected chi connectivity index (χ2v) is 21.8. The molecule has 7 N–H and O–H groups in total. The number of alkyl carbamates (subject to hydrolysis) is 1. The minimum Gasteiger partial charge on any atom is -0.508 e. The Kier molecular flexibility index (Phi) is 23.5. The maximum atomic E-state index is 14.4. The number of hydrogen-bond acceptors (Lipinski definition) is 13. The summed E-state index contributed by atoms with van der Waals surface area (Å²) in [6.07, 6.45) is 0.557. The van der Waals surface area contributed by atoms with Gasteiger partial charge in [-0.3, -0.25) is 33.3 Å². The number of carbonyl (C=O) groups is 7. The van der Waals surface area contributed by atoms with E-state index in [9.17, 15) is 43.8 Å². The number of benzene rings is 4. The molecule has 4 aromatic carbocycles. The van der Waals surface area contributed by atoms with Crippen molar-refractivity contribution in [3.05, 3.63) is 125 Å². The normalized spacial score (nSPS) is 14.2. The van der Waals surface area contributed by atoms with Crippen molar-refractivity contribution in [1.29, 1.82) is 0 Å². The number of ketones is 1. The molecule has 0 aliphatic carbocycles. The van der Waals surface area contributed by atoms with Gasteiger partial charge in [0.1, 0.15) is 35.7 Å². The van der Waals surface area contributed by atoms with Crippen molar-refractivity contribution >= 4 is 41.4 Å². The van der Waals surface area contributed by atoms with Gasteiger partial charge in [-0.2, -0.15) is 0 Å². The minimum atomic E-state index is -1.14. The highest BCUT2D eigenvalue weighted by atomic mass is 16.6. The molecule has 1 saturated heterocycles. The Morgan fingerprint density at radius 1 is 0.671 bits per heavy atom. The summed E-state index contributed by atoms with van der Waals surface area (Å²) in [5.74, 6) is -3.08. The number of aromatic hydroxyl groups is 2. The van der Waals surface area contributed by atoms with Gasteiger partial charge in [0.05, 0.1) is 18.2 Å². The molecular weight excluding hydrogens is 1050 g/mol. The van der Waals surface area contributed by atoms with Crippen LogP contribution in [0.2, 0.25) is 0 Å². The van der Waals surface area contributed by atoms with Crippen LogP contribution in [0.3, 0.4) is 0 Å². The van der Waals surface area contributed by atoms with Crippen LogP contribution >= 0.6 is 0 Å². The number of phenolic OH excluding ortho intramolecular Hbond substituents is 2. The van der Waals surface area contributed by atoms with E-state index in [0.29, 0.717) is 55.6 Å². The summed E-state index contributed by atoms with van der Waals surface area (Å²) in [4.78, 5) is 98.9. The van der Waals surface area contributed by atoms with Crippen LogP contribution in [0, 0.1) is 11.8 Å². The van der Waals surface area contributed by atoms with E-state index in [1.54, 1.807) is 42.2 Å². The number of nitrogens with one attached hydrogen (secondary N) is 5. The Hall–Kier alpha value is -8.13. The lowest BCUT2D eigenvalue weighted by molar-refractivity contribution is -0.134. The molecule has 0 bridgehead atoms. The Bertz CT molecular complexity index is 2940. The minimum absolute atomic E-state index is 0.0517. The van der Waals surface area contributed by atoms with Crippen LogP contribution in [0.15, 0.2) is 97.1 Å². The predicted molar refractivity (Wildman–Crippen MR) is 310 cm³/mol. The van der Waals surface area contributed by atoms with E-state index in [1.807, 2.05) is 109 Å². The number of phenols is 2. The number of ether oxygens (including phenoxy) is 2. The number of carbonyl (C=O) groups excluding carboxylic acids is 7. The second-order valence-electron chi connectivity index (χ2n) is 21.8. The fourth-order valence-electron chi connectivity index (χ4n) is 9.80. The predicted octanol–water partition coefficient (Wildman–Crippen LogP) is 7.34. The topological polar surface area (TPSA) is 273 Å². The average molecular weight is 1130 g/mol. The van der Waals surface area contributed by atoms with Crippen LogP contribution in [0.5, 0.6) is 11.5 Å². The number of piperidine rings is 1. The highest BCUT2D eigenvalue weighted by Gasteiger charge is 2.34. The molecule has 5 aromatic rings. The standard InChI is InChI=1S/C62H81N9O11/c1-9-63-60(78)56-69-68-55(47-36-46(40(7)8)53(73)37-54(47)74)71(56)44-24-22-43(23-25-44)61(79)70-30-27-45(28-31-70)82-62(80)67-48(26-21-41-17-13-11-14-18-41)57(75)65-50(34-39(5)6)58(76)66-51(35-42-19-15-12-16-20-42)59(77)64-49(33-38(3)4)52(72)29-32-81-10-2/h11-20,22-25,36-40,45,48-51,73-74H,9-10,21,26-35H2,1-8H3,(H,63,78)(H,64,77)(H,65,75)(H,66,76)(H,67,80). The van der Waals surface area contributed by atoms with Gasteiger partial charge < -0.3 is 51.2 Å².